The molecule has 1 saturated heterocycles. The number of ether oxygens (including phenoxy) is 1. The van der Waals surface area contributed by atoms with Gasteiger partial charge in [-0.2, -0.15) is 11.8 Å². The summed E-state index contributed by atoms with van der Waals surface area (Å²) >= 11 is 1.94. The highest BCUT2D eigenvalue weighted by Crippen LogP contribution is 2.34. The van der Waals surface area contributed by atoms with Gasteiger partial charge in [-0.1, -0.05) is 0 Å². The summed E-state index contributed by atoms with van der Waals surface area (Å²) < 4.78 is 36.4. The zero-order valence-corrected chi connectivity index (χ0v) is 17.2. The summed E-state index contributed by atoms with van der Waals surface area (Å²) in [5, 5.41) is 0. The molecule has 0 radical (unpaired) electrons. The van der Waals surface area contributed by atoms with Crippen molar-refractivity contribution >= 4 is 23.4 Å². The molecule has 1 aromatic carbocycles. The van der Waals surface area contributed by atoms with Crippen LogP contribution in [0.25, 0.3) is 16.9 Å². The van der Waals surface area contributed by atoms with Crippen molar-refractivity contribution < 1.29 is 18.3 Å². The number of fused-ring (bicyclic) bond motifs is 1. The normalized spacial score (nSPS) is 15.0. The molecular weight excluding hydrogens is 394 g/mol. The number of imidazole rings is 1. The Bertz CT molecular complexity index is 1050. The highest BCUT2D eigenvalue weighted by atomic mass is 32.2. The summed E-state index contributed by atoms with van der Waals surface area (Å²) in [7, 11) is 1.18. The van der Waals surface area contributed by atoms with Crippen LogP contribution in [0.4, 0.5) is 8.78 Å². The van der Waals surface area contributed by atoms with E-state index in [9.17, 15) is 13.6 Å². The van der Waals surface area contributed by atoms with Gasteiger partial charge in [-0.15, -0.1) is 0 Å². The van der Waals surface area contributed by atoms with Crippen LogP contribution in [0.3, 0.4) is 0 Å². The Hall–Kier alpha value is -2.41. The molecule has 0 bridgehead atoms. The molecule has 0 atom stereocenters. The van der Waals surface area contributed by atoms with Gasteiger partial charge in [0.05, 0.1) is 29.6 Å². The lowest BCUT2D eigenvalue weighted by Crippen LogP contribution is -2.14. The van der Waals surface area contributed by atoms with E-state index < -0.39 is 17.6 Å². The van der Waals surface area contributed by atoms with Gasteiger partial charge in [-0.3, -0.25) is 0 Å². The Kier molecular flexibility index (Phi) is 5.58. The van der Waals surface area contributed by atoms with Crippen molar-refractivity contribution in [2.75, 3.05) is 18.6 Å². The van der Waals surface area contributed by atoms with Crippen LogP contribution in [0, 0.1) is 24.5 Å². The lowest BCUT2D eigenvalue weighted by Gasteiger charge is -2.21. The van der Waals surface area contributed by atoms with Gasteiger partial charge >= 0.3 is 5.97 Å². The molecule has 152 valence electrons. The van der Waals surface area contributed by atoms with Crippen molar-refractivity contribution in [3.63, 3.8) is 0 Å². The molecule has 4 rings (SSSR count). The van der Waals surface area contributed by atoms with E-state index in [1.807, 2.05) is 41.4 Å². The fourth-order valence-electron chi connectivity index (χ4n) is 3.85. The predicted molar refractivity (Wildman–Crippen MR) is 110 cm³/mol. The molecular formula is C22H22F2N2O2S. The van der Waals surface area contributed by atoms with Crippen LogP contribution in [0.5, 0.6) is 0 Å². The summed E-state index contributed by atoms with van der Waals surface area (Å²) in [5.41, 5.74) is 2.45. The van der Waals surface area contributed by atoms with Gasteiger partial charge in [0.25, 0.3) is 0 Å². The number of rotatable bonds is 4. The largest absolute Gasteiger partial charge is 0.465 e. The number of halogens is 2. The summed E-state index contributed by atoms with van der Waals surface area (Å²) in [6, 6.07) is 5.90. The van der Waals surface area contributed by atoms with E-state index >= 15 is 0 Å². The van der Waals surface area contributed by atoms with Gasteiger partial charge in [0.15, 0.2) is 0 Å². The van der Waals surface area contributed by atoms with Crippen LogP contribution in [-0.2, 0) is 11.2 Å². The quantitative estimate of drug-likeness (QED) is 0.558. The van der Waals surface area contributed by atoms with Crippen LogP contribution in [0.1, 0.15) is 34.5 Å². The number of thioether (sulfide) groups is 1. The Morgan fingerprint density at radius 3 is 2.59 bits per heavy atom. The minimum absolute atomic E-state index is 0.156. The number of aryl methyl sites for hydroxylation is 1. The molecule has 0 amide bonds. The van der Waals surface area contributed by atoms with Crippen LogP contribution in [0.15, 0.2) is 30.5 Å². The third kappa shape index (κ3) is 3.88. The molecule has 1 fully saturated rings. The molecule has 0 saturated carbocycles. The third-order valence-electron chi connectivity index (χ3n) is 5.40. The number of hydrogen-bond acceptors (Lipinski definition) is 4. The fraction of sp³-hybridized carbons (Fsp3) is 0.364. The Balaban J connectivity index is 1.86. The third-order valence-corrected chi connectivity index (χ3v) is 6.45. The first-order valence-corrected chi connectivity index (χ1v) is 10.8. The standard InChI is InChI=1S/C22H22F2N2O2S/c1-13-3-6-26-18(10-14-4-7-29-8-5-14)21(25-19(26)9-13)20-16(23)11-15(12-17(20)24)22(27)28-2/h3,6,9,11-12,14H,4-5,7-8,10H2,1-2H3. The number of pyridine rings is 1. The minimum atomic E-state index is -0.814. The Morgan fingerprint density at radius 1 is 1.24 bits per heavy atom. The van der Waals surface area contributed by atoms with Crippen LogP contribution in [0.2, 0.25) is 0 Å². The maximum Gasteiger partial charge on any atom is 0.338 e. The van der Waals surface area contributed by atoms with E-state index in [1.165, 1.54) is 7.11 Å². The summed E-state index contributed by atoms with van der Waals surface area (Å²) in [6.45, 7) is 1.96. The van der Waals surface area contributed by atoms with Gasteiger partial charge < -0.3 is 9.14 Å². The number of nitrogens with zero attached hydrogens (tertiary/aromatic N) is 2. The number of carbonyl (C=O) groups excluding carboxylic acids is 1. The molecule has 3 heterocycles. The number of hydrogen-bond donors (Lipinski definition) is 0. The second-order valence-electron chi connectivity index (χ2n) is 7.41. The van der Waals surface area contributed by atoms with Gasteiger partial charge in [-0.25, -0.2) is 18.6 Å². The second-order valence-corrected chi connectivity index (χ2v) is 8.63. The molecule has 0 spiro atoms. The molecule has 0 unspecified atom stereocenters. The predicted octanol–water partition coefficient (Wildman–Crippen LogP) is 5.06. The lowest BCUT2D eigenvalue weighted by molar-refractivity contribution is 0.0599. The highest BCUT2D eigenvalue weighted by molar-refractivity contribution is 7.99. The molecule has 1 aliphatic rings. The van der Waals surface area contributed by atoms with E-state index in [2.05, 4.69) is 9.72 Å². The van der Waals surface area contributed by atoms with Crippen molar-refractivity contribution in [3.8, 4) is 11.3 Å². The Labute approximate surface area is 172 Å². The Morgan fingerprint density at radius 2 is 1.93 bits per heavy atom. The van der Waals surface area contributed by atoms with E-state index in [0.717, 1.165) is 47.7 Å². The van der Waals surface area contributed by atoms with Gasteiger partial charge in [-0.05, 0) is 73.4 Å². The first-order chi connectivity index (χ1) is 14.0. The van der Waals surface area contributed by atoms with Crippen molar-refractivity contribution in [2.24, 2.45) is 5.92 Å². The SMILES string of the molecule is COC(=O)c1cc(F)c(-c2nc3cc(C)ccn3c2CC2CCSCC2)c(F)c1. The van der Waals surface area contributed by atoms with E-state index in [4.69, 9.17) is 0 Å². The first-order valence-electron chi connectivity index (χ1n) is 9.61. The van der Waals surface area contributed by atoms with Crippen LogP contribution >= 0.6 is 11.8 Å². The van der Waals surface area contributed by atoms with Crippen LogP contribution < -0.4 is 0 Å². The minimum Gasteiger partial charge on any atom is -0.465 e. The number of esters is 1. The van der Waals surface area contributed by atoms with Crippen molar-refractivity contribution in [3.05, 3.63) is 58.9 Å². The van der Waals surface area contributed by atoms with Gasteiger partial charge in [0.1, 0.15) is 17.3 Å². The highest BCUT2D eigenvalue weighted by Gasteiger charge is 2.25. The average molecular weight is 416 g/mol. The van der Waals surface area contributed by atoms with Gasteiger partial charge in [0.2, 0.25) is 0 Å². The smallest absolute Gasteiger partial charge is 0.338 e. The monoisotopic (exact) mass is 416 g/mol. The summed E-state index contributed by atoms with van der Waals surface area (Å²) in [6.07, 6.45) is 4.77. The van der Waals surface area contributed by atoms with Crippen molar-refractivity contribution in [1.29, 1.82) is 0 Å². The van der Waals surface area contributed by atoms with Crippen molar-refractivity contribution in [2.45, 2.75) is 26.2 Å². The fourth-order valence-corrected chi connectivity index (χ4v) is 5.06. The molecule has 4 nitrogen and oxygen atoms in total. The summed E-state index contributed by atoms with van der Waals surface area (Å²) in [4.78, 5) is 16.3. The maximum atomic E-state index is 15.0. The van der Waals surface area contributed by atoms with E-state index in [0.29, 0.717) is 23.7 Å². The molecule has 0 N–H and O–H groups in total. The number of methoxy groups -OCH3 is 1. The zero-order chi connectivity index (χ0) is 20.5. The molecule has 1 aliphatic heterocycles. The second kappa shape index (κ2) is 8.14. The molecule has 2 aromatic heterocycles. The molecule has 3 aromatic rings. The molecule has 7 heteroatoms. The maximum absolute atomic E-state index is 15.0. The molecule has 0 aliphatic carbocycles. The lowest BCUT2D eigenvalue weighted by atomic mass is 9.94. The van der Waals surface area contributed by atoms with Crippen molar-refractivity contribution in [1.82, 2.24) is 9.38 Å². The summed E-state index contributed by atoms with van der Waals surface area (Å²) in [5.74, 6) is 0.257. The van der Waals surface area contributed by atoms with Gasteiger partial charge in [0, 0.05) is 6.20 Å². The van der Waals surface area contributed by atoms with E-state index in [1.54, 1.807) is 0 Å². The first kappa shape index (κ1) is 19.9. The number of aromatic nitrogens is 2. The average Bonchev–Trinajstić information content (AvgIpc) is 3.04. The molecule has 29 heavy (non-hydrogen) atoms. The topological polar surface area (TPSA) is 43.6 Å². The zero-order valence-electron chi connectivity index (χ0n) is 16.4. The van der Waals surface area contributed by atoms with Crippen LogP contribution in [-0.4, -0.2) is 34.0 Å². The van der Waals surface area contributed by atoms with E-state index in [-0.39, 0.29) is 11.1 Å². The number of carbonyl (C=O) groups is 1. The number of benzene rings is 1.